The van der Waals surface area contributed by atoms with Gasteiger partial charge in [0.05, 0.1) is 12.0 Å². The molecule has 0 spiro atoms. The second-order valence-electron chi connectivity index (χ2n) is 4.01. The van der Waals surface area contributed by atoms with Crippen molar-refractivity contribution in [3.8, 4) is 0 Å². The number of hydrogen-bond donors (Lipinski definition) is 3. The maximum Gasteiger partial charge on any atom is 0.321 e. The summed E-state index contributed by atoms with van der Waals surface area (Å²) in [6.45, 7) is 0. The topological polar surface area (TPSA) is 114 Å². The van der Waals surface area contributed by atoms with E-state index in [-0.39, 0.29) is 6.42 Å². The minimum Gasteiger partial charge on any atom is -0.548 e. The lowest BCUT2D eigenvalue weighted by Gasteiger charge is -2.31. The van der Waals surface area contributed by atoms with Crippen LogP contribution >= 0.6 is 11.8 Å². The fraction of sp³-hybridized carbons (Fsp3) is 0.667. The van der Waals surface area contributed by atoms with Crippen molar-refractivity contribution in [3.63, 3.8) is 0 Å². The van der Waals surface area contributed by atoms with E-state index in [1.807, 2.05) is 6.26 Å². The van der Waals surface area contributed by atoms with Gasteiger partial charge in [0.2, 0.25) is 0 Å². The van der Waals surface area contributed by atoms with Crippen LogP contribution in [0.3, 0.4) is 0 Å². The Balaban J connectivity index is 2.15. The lowest BCUT2D eigenvalue weighted by molar-refractivity contribution is -0.311. The van der Waals surface area contributed by atoms with Crippen LogP contribution in [0.25, 0.3) is 0 Å². The fourth-order valence-corrected chi connectivity index (χ4v) is 2.55. The maximum atomic E-state index is 11.7. The average Bonchev–Trinajstić information content (AvgIpc) is 2.76. The standard InChI is InChI=1S/C9H14N4O4S/c1-18-3-2-4(7(14)15)13-6-5(11-9(13)17)10-8(16)12-6/h4-6H,2-3H2,1H3,(H,11,17)(H,14,15)(H2,10,12,16)/p-1. The van der Waals surface area contributed by atoms with Gasteiger partial charge in [0.1, 0.15) is 12.3 Å². The number of rotatable bonds is 5. The largest absolute Gasteiger partial charge is 0.548 e. The molecule has 4 amide bonds. The van der Waals surface area contributed by atoms with E-state index in [1.54, 1.807) is 0 Å². The van der Waals surface area contributed by atoms with Gasteiger partial charge in [-0.05, 0) is 18.4 Å². The Kier molecular flexibility index (Phi) is 3.50. The van der Waals surface area contributed by atoms with E-state index < -0.39 is 36.4 Å². The van der Waals surface area contributed by atoms with Crippen molar-refractivity contribution in [2.45, 2.75) is 24.8 Å². The molecule has 18 heavy (non-hydrogen) atoms. The minimum atomic E-state index is -1.32. The van der Waals surface area contributed by atoms with Crippen molar-refractivity contribution in [1.29, 1.82) is 0 Å². The molecule has 3 unspecified atom stereocenters. The molecule has 0 aromatic rings. The van der Waals surface area contributed by atoms with E-state index >= 15 is 0 Å². The number of amides is 4. The maximum absolute atomic E-state index is 11.7. The smallest absolute Gasteiger partial charge is 0.321 e. The second kappa shape index (κ2) is 4.92. The summed E-state index contributed by atoms with van der Waals surface area (Å²) in [4.78, 5) is 35.1. The zero-order chi connectivity index (χ0) is 13.3. The predicted octanol–water partition coefficient (Wildman–Crippen LogP) is -2.15. The number of aliphatic carboxylic acids is 1. The third-order valence-corrected chi connectivity index (χ3v) is 3.54. The summed E-state index contributed by atoms with van der Waals surface area (Å²) in [5, 5.41) is 18.6. The molecule has 2 heterocycles. The van der Waals surface area contributed by atoms with Crippen molar-refractivity contribution in [2.24, 2.45) is 0 Å². The molecule has 3 atom stereocenters. The van der Waals surface area contributed by atoms with Gasteiger partial charge in [0, 0.05) is 0 Å². The molecule has 0 bridgehead atoms. The summed E-state index contributed by atoms with van der Waals surface area (Å²) in [6.07, 6.45) is 0.838. The molecule has 2 aliphatic rings. The van der Waals surface area contributed by atoms with Crippen LogP contribution in [0.5, 0.6) is 0 Å². The van der Waals surface area contributed by atoms with Crippen LogP contribution in [0.15, 0.2) is 0 Å². The molecule has 2 saturated heterocycles. The molecule has 3 N–H and O–H groups in total. The number of fused-ring (bicyclic) bond motifs is 1. The third-order valence-electron chi connectivity index (χ3n) is 2.90. The molecule has 0 aromatic carbocycles. The Bertz CT molecular complexity index is 391. The number of thioether (sulfide) groups is 1. The van der Waals surface area contributed by atoms with Crippen molar-refractivity contribution in [2.75, 3.05) is 12.0 Å². The van der Waals surface area contributed by atoms with Crippen molar-refractivity contribution in [3.05, 3.63) is 0 Å². The lowest BCUT2D eigenvalue weighted by atomic mass is 10.2. The quantitative estimate of drug-likeness (QED) is 0.528. The average molecular weight is 273 g/mol. The summed E-state index contributed by atoms with van der Waals surface area (Å²) in [7, 11) is 0. The van der Waals surface area contributed by atoms with Crippen LogP contribution in [0.2, 0.25) is 0 Å². The van der Waals surface area contributed by atoms with E-state index in [0.29, 0.717) is 5.75 Å². The highest BCUT2D eigenvalue weighted by Gasteiger charge is 2.48. The summed E-state index contributed by atoms with van der Waals surface area (Å²) < 4.78 is 0. The van der Waals surface area contributed by atoms with Crippen molar-refractivity contribution < 1.29 is 19.5 Å². The van der Waals surface area contributed by atoms with Crippen LogP contribution in [0.4, 0.5) is 9.59 Å². The number of carbonyl (C=O) groups is 3. The second-order valence-corrected chi connectivity index (χ2v) is 5.00. The van der Waals surface area contributed by atoms with Gasteiger partial charge >= 0.3 is 12.1 Å². The molecule has 9 heteroatoms. The molecule has 8 nitrogen and oxygen atoms in total. The van der Waals surface area contributed by atoms with Crippen LogP contribution in [-0.2, 0) is 4.79 Å². The highest BCUT2D eigenvalue weighted by Crippen LogP contribution is 2.19. The molecular formula is C9H13N4O4S-. The van der Waals surface area contributed by atoms with E-state index in [2.05, 4.69) is 16.0 Å². The molecule has 2 aliphatic heterocycles. The Morgan fingerprint density at radius 2 is 2.17 bits per heavy atom. The van der Waals surface area contributed by atoms with Gasteiger partial charge in [0.15, 0.2) is 0 Å². The molecule has 0 saturated carbocycles. The molecule has 0 radical (unpaired) electrons. The van der Waals surface area contributed by atoms with Crippen LogP contribution in [0.1, 0.15) is 6.42 Å². The number of carboxylic acid groups (broad SMARTS) is 1. The van der Waals surface area contributed by atoms with Crippen LogP contribution < -0.4 is 21.1 Å². The molecule has 0 aromatic heterocycles. The van der Waals surface area contributed by atoms with Gasteiger partial charge < -0.3 is 25.9 Å². The predicted molar refractivity (Wildman–Crippen MR) is 61.4 cm³/mol. The molecule has 0 aliphatic carbocycles. The Hall–Kier alpha value is -1.64. The summed E-state index contributed by atoms with van der Waals surface area (Å²) in [6, 6.07) is -2.00. The van der Waals surface area contributed by atoms with Gasteiger partial charge in [-0.25, -0.2) is 9.59 Å². The van der Waals surface area contributed by atoms with Crippen molar-refractivity contribution in [1.82, 2.24) is 20.9 Å². The van der Waals surface area contributed by atoms with Gasteiger partial charge in [-0.3, -0.25) is 4.90 Å². The Labute approximate surface area is 107 Å². The van der Waals surface area contributed by atoms with Crippen LogP contribution in [-0.4, -0.2) is 53.3 Å². The summed E-state index contributed by atoms with van der Waals surface area (Å²) in [5.41, 5.74) is 0. The highest BCUT2D eigenvalue weighted by molar-refractivity contribution is 7.98. The molecular weight excluding hydrogens is 260 g/mol. The van der Waals surface area contributed by atoms with E-state index in [9.17, 15) is 19.5 Å². The van der Waals surface area contributed by atoms with E-state index in [1.165, 1.54) is 11.8 Å². The fourth-order valence-electron chi connectivity index (χ4n) is 2.09. The number of nitrogens with one attached hydrogen (secondary N) is 3. The normalized spacial score (nSPS) is 27.3. The number of carbonyl (C=O) groups excluding carboxylic acids is 3. The van der Waals surface area contributed by atoms with Gasteiger partial charge in [-0.2, -0.15) is 11.8 Å². The van der Waals surface area contributed by atoms with Gasteiger partial charge in [-0.1, -0.05) is 0 Å². The van der Waals surface area contributed by atoms with Gasteiger partial charge in [-0.15, -0.1) is 0 Å². The SMILES string of the molecule is CSCCC(C(=O)[O-])N1C(=O)NC2NC(=O)NC21. The first-order chi connectivity index (χ1) is 8.54. The monoisotopic (exact) mass is 273 g/mol. The summed E-state index contributed by atoms with van der Waals surface area (Å²) >= 11 is 1.48. The number of nitrogens with zero attached hydrogens (tertiary/aromatic N) is 1. The zero-order valence-corrected chi connectivity index (χ0v) is 10.5. The zero-order valence-electron chi connectivity index (χ0n) is 9.63. The number of hydrogen-bond acceptors (Lipinski definition) is 5. The highest BCUT2D eigenvalue weighted by atomic mass is 32.2. The third kappa shape index (κ3) is 2.17. The van der Waals surface area contributed by atoms with Gasteiger partial charge in [0.25, 0.3) is 0 Å². The Morgan fingerprint density at radius 3 is 2.78 bits per heavy atom. The minimum absolute atomic E-state index is 0.274. The molecule has 100 valence electrons. The number of urea groups is 2. The first kappa shape index (κ1) is 12.8. The van der Waals surface area contributed by atoms with Crippen LogP contribution in [0, 0.1) is 0 Å². The molecule has 2 fully saturated rings. The van der Waals surface area contributed by atoms with Crippen molar-refractivity contribution >= 4 is 29.8 Å². The first-order valence-electron chi connectivity index (χ1n) is 5.40. The lowest BCUT2D eigenvalue weighted by Crippen LogP contribution is -2.55. The van der Waals surface area contributed by atoms with E-state index in [4.69, 9.17) is 0 Å². The first-order valence-corrected chi connectivity index (χ1v) is 6.79. The number of carboxylic acids is 1. The van der Waals surface area contributed by atoms with E-state index in [0.717, 1.165) is 4.90 Å². The molecule has 2 rings (SSSR count). The summed E-state index contributed by atoms with van der Waals surface area (Å²) in [5.74, 6) is -0.734. The Morgan fingerprint density at radius 1 is 1.44 bits per heavy atom.